The zero-order valence-electron chi connectivity index (χ0n) is 15.8. The van der Waals surface area contributed by atoms with E-state index in [1.807, 2.05) is 30.3 Å². The molecule has 0 aliphatic carbocycles. The van der Waals surface area contributed by atoms with Gasteiger partial charge < -0.3 is 18.9 Å². The van der Waals surface area contributed by atoms with Gasteiger partial charge in [-0.3, -0.25) is 14.9 Å². The van der Waals surface area contributed by atoms with Crippen molar-refractivity contribution in [2.45, 2.75) is 39.0 Å². The minimum absolute atomic E-state index is 0.0723. The van der Waals surface area contributed by atoms with Gasteiger partial charge in [0.05, 0.1) is 6.61 Å². The molecule has 2 unspecified atom stereocenters. The lowest BCUT2D eigenvalue weighted by molar-refractivity contribution is -0.146. The third kappa shape index (κ3) is 3.41. The molecule has 0 spiro atoms. The van der Waals surface area contributed by atoms with Crippen LogP contribution in [0.25, 0.3) is 10.9 Å². The van der Waals surface area contributed by atoms with Crippen molar-refractivity contribution in [1.82, 2.24) is 10.3 Å². The van der Waals surface area contributed by atoms with Gasteiger partial charge in [-0.05, 0) is 30.7 Å². The van der Waals surface area contributed by atoms with Gasteiger partial charge in [0.25, 0.3) is 0 Å². The fraction of sp³-hybridized carbons (Fsp3) is 0.333. The van der Waals surface area contributed by atoms with E-state index >= 15 is 0 Å². The summed E-state index contributed by atoms with van der Waals surface area (Å²) in [5.41, 5.74) is 3.06. The second-order valence-electron chi connectivity index (χ2n) is 6.76. The van der Waals surface area contributed by atoms with Gasteiger partial charge in [-0.25, -0.2) is 0 Å². The quantitative estimate of drug-likeness (QED) is 0.659. The highest BCUT2D eigenvalue weighted by molar-refractivity contribution is 5.87. The molecule has 7 nitrogen and oxygen atoms in total. The average molecular weight is 382 g/mol. The molecule has 3 aromatic rings. The molecule has 0 bridgehead atoms. The highest BCUT2D eigenvalue weighted by atomic mass is 16.5. The van der Waals surface area contributed by atoms with E-state index in [9.17, 15) is 9.59 Å². The summed E-state index contributed by atoms with van der Waals surface area (Å²) in [7, 11) is 0. The Balaban J connectivity index is 1.71. The summed E-state index contributed by atoms with van der Waals surface area (Å²) in [5, 5.41) is 4.43. The van der Waals surface area contributed by atoms with E-state index in [1.165, 1.54) is 6.92 Å². The van der Waals surface area contributed by atoms with Crippen molar-refractivity contribution in [3.05, 3.63) is 59.2 Å². The number of rotatable bonds is 5. The van der Waals surface area contributed by atoms with Gasteiger partial charge >= 0.3 is 11.9 Å². The van der Waals surface area contributed by atoms with E-state index in [1.54, 1.807) is 13.0 Å². The maximum atomic E-state index is 12.4. The van der Waals surface area contributed by atoms with E-state index in [4.69, 9.17) is 13.9 Å². The predicted molar refractivity (Wildman–Crippen MR) is 102 cm³/mol. The number of fused-ring (bicyclic) bond motifs is 3. The standard InChI is InChI=1S/C21H22N2O5/c1-3-26-21(25)17-10-15-14-6-4-5-7-16(14)22-19(15)20(23-17)18-9-8-13(28-18)11-27-12(2)24/h4-9,17,20,22-23H,3,10-11H2,1-2H3. The first-order valence-electron chi connectivity index (χ1n) is 9.31. The molecular weight excluding hydrogens is 360 g/mol. The fourth-order valence-corrected chi connectivity index (χ4v) is 3.65. The van der Waals surface area contributed by atoms with Gasteiger partial charge in [-0.2, -0.15) is 0 Å². The molecule has 2 N–H and O–H groups in total. The Morgan fingerprint density at radius 1 is 1.18 bits per heavy atom. The van der Waals surface area contributed by atoms with Crippen molar-refractivity contribution < 1.29 is 23.5 Å². The summed E-state index contributed by atoms with van der Waals surface area (Å²) in [6.45, 7) is 3.55. The van der Waals surface area contributed by atoms with E-state index in [0.717, 1.165) is 22.2 Å². The summed E-state index contributed by atoms with van der Waals surface area (Å²) in [4.78, 5) is 26.9. The van der Waals surface area contributed by atoms with Crippen LogP contribution in [0.2, 0.25) is 0 Å². The number of carbonyl (C=O) groups is 2. The van der Waals surface area contributed by atoms with Gasteiger partial charge in [0.15, 0.2) is 0 Å². The monoisotopic (exact) mass is 382 g/mol. The van der Waals surface area contributed by atoms with E-state index in [-0.39, 0.29) is 24.6 Å². The minimum atomic E-state index is -0.473. The molecule has 4 rings (SSSR count). The molecular formula is C21H22N2O5. The first kappa shape index (κ1) is 18.3. The molecule has 1 aromatic carbocycles. The molecule has 3 heterocycles. The molecule has 0 fully saturated rings. The zero-order chi connectivity index (χ0) is 19.7. The normalized spacial score (nSPS) is 18.6. The van der Waals surface area contributed by atoms with E-state index in [2.05, 4.69) is 10.3 Å². The average Bonchev–Trinajstić information content (AvgIpc) is 3.30. The minimum Gasteiger partial charge on any atom is -0.465 e. The third-order valence-electron chi connectivity index (χ3n) is 4.87. The van der Waals surface area contributed by atoms with Crippen LogP contribution in [0.4, 0.5) is 0 Å². The molecule has 0 radical (unpaired) electrons. The molecule has 0 amide bonds. The van der Waals surface area contributed by atoms with Crippen LogP contribution in [-0.4, -0.2) is 29.6 Å². The lowest BCUT2D eigenvalue weighted by Gasteiger charge is -2.29. The molecule has 146 valence electrons. The number of carbonyl (C=O) groups excluding carboxylic acids is 2. The molecule has 28 heavy (non-hydrogen) atoms. The van der Waals surface area contributed by atoms with Crippen LogP contribution in [0.15, 0.2) is 40.8 Å². The summed E-state index contributed by atoms with van der Waals surface area (Å²) >= 11 is 0. The van der Waals surface area contributed by atoms with Crippen LogP contribution in [0.1, 0.15) is 42.7 Å². The summed E-state index contributed by atoms with van der Waals surface area (Å²) in [6, 6.07) is 10.8. The van der Waals surface area contributed by atoms with Crippen LogP contribution >= 0.6 is 0 Å². The maximum Gasteiger partial charge on any atom is 0.323 e. The van der Waals surface area contributed by atoms with Crippen LogP contribution in [0, 0.1) is 0 Å². The molecule has 0 saturated heterocycles. The summed E-state index contributed by atoms with van der Waals surface area (Å²) in [5.74, 6) is 0.538. The second kappa shape index (κ2) is 7.52. The van der Waals surface area contributed by atoms with Crippen molar-refractivity contribution in [1.29, 1.82) is 0 Å². The maximum absolute atomic E-state index is 12.4. The summed E-state index contributed by atoms with van der Waals surface area (Å²) in [6.07, 6.45) is 0.537. The number of benzene rings is 1. The Morgan fingerprint density at radius 3 is 2.79 bits per heavy atom. The van der Waals surface area contributed by atoms with Crippen molar-refractivity contribution in [2.75, 3.05) is 6.61 Å². The van der Waals surface area contributed by atoms with E-state index in [0.29, 0.717) is 24.5 Å². The number of aromatic amines is 1. The number of furan rings is 1. The number of para-hydroxylation sites is 1. The molecule has 0 saturated carbocycles. The topological polar surface area (TPSA) is 93.6 Å². The number of ether oxygens (including phenoxy) is 2. The van der Waals surface area contributed by atoms with Gasteiger partial charge in [0.2, 0.25) is 0 Å². The molecule has 2 atom stereocenters. The first-order valence-corrected chi connectivity index (χ1v) is 9.31. The largest absolute Gasteiger partial charge is 0.465 e. The fourth-order valence-electron chi connectivity index (χ4n) is 3.65. The van der Waals surface area contributed by atoms with Gasteiger partial charge in [0.1, 0.15) is 30.2 Å². The zero-order valence-corrected chi connectivity index (χ0v) is 15.8. The lowest BCUT2D eigenvalue weighted by atomic mass is 9.93. The van der Waals surface area contributed by atoms with Crippen molar-refractivity contribution in [3.63, 3.8) is 0 Å². The third-order valence-corrected chi connectivity index (χ3v) is 4.87. The van der Waals surface area contributed by atoms with Crippen LogP contribution in [0.3, 0.4) is 0 Å². The smallest absolute Gasteiger partial charge is 0.323 e. The number of hydrogen-bond donors (Lipinski definition) is 2. The van der Waals surface area contributed by atoms with Crippen molar-refractivity contribution >= 4 is 22.8 Å². The van der Waals surface area contributed by atoms with E-state index < -0.39 is 6.04 Å². The number of hydrogen-bond acceptors (Lipinski definition) is 6. The Kier molecular flexibility index (Phi) is 4.92. The Bertz CT molecular complexity index is 1020. The van der Waals surface area contributed by atoms with Gasteiger partial charge in [-0.15, -0.1) is 0 Å². The number of aromatic nitrogens is 1. The number of H-pyrrole nitrogens is 1. The molecule has 1 aliphatic heterocycles. The SMILES string of the molecule is CCOC(=O)C1Cc2c([nH]c3ccccc23)C(c2ccc(COC(C)=O)o2)N1. The Morgan fingerprint density at radius 2 is 2.00 bits per heavy atom. The highest BCUT2D eigenvalue weighted by Crippen LogP contribution is 2.36. The van der Waals surface area contributed by atoms with Crippen LogP contribution in [-0.2, 0) is 32.1 Å². The van der Waals surface area contributed by atoms with Crippen molar-refractivity contribution in [3.8, 4) is 0 Å². The molecule has 7 heteroatoms. The van der Waals surface area contributed by atoms with Crippen LogP contribution < -0.4 is 5.32 Å². The second-order valence-corrected chi connectivity index (χ2v) is 6.76. The van der Waals surface area contributed by atoms with Crippen LogP contribution in [0.5, 0.6) is 0 Å². The van der Waals surface area contributed by atoms with Crippen molar-refractivity contribution in [2.24, 2.45) is 0 Å². The number of esters is 2. The Hall–Kier alpha value is -3.06. The first-order chi connectivity index (χ1) is 13.6. The Labute approximate surface area is 162 Å². The number of nitrogens with one attached hydrogen (secondary N) is 2. The highest BCUT2D eigenvalue weighted by Gasteiger charge is 2.36. The van der Waals surface area contributed by atoms with Gasteiger partial charge in [-0.1, -0.05) is 18.2 Å². The lowest BCUT2D eigenvalue weighted by Crippen LogP contribution is -2.45. The molecule has 1 aliphatic rings. The summed E-state index contributed by atoms with van der Waals surface area (Å²) < 4.78 is 16.1. The van der Waals surface area contributed by atoms with Gasteiger partial charge in [0, 0.05) is 29.9 Å². The molecule has 2 aromatic heterocycles. The predicted octanol–water partition coefficient (Wildman–Crippen LogP) is 2.99.